The lowest BCUT2D eigenvalue weighted by Gasteiger charge is -2.36. The molecule has 29 heavy (non-hydrogen) atoms. The topological polar surface area (TPSA) is 64.7 Å². The van der Waals surface area contributed by atoms with Crippen molar-refractivity contribution >= 4 is 11.9 Å². The number of nitrogens with zero attached hydrogens (tertiary/aromatic N) is 2. The van der Waals surface area contributed by atoms with E-state index < -0.39 is 0 Å². The third-order valence-corrected chi connectivity index (χ3v) is 5.02. The van der Waals surface area contributed by atoms with Gasteiger partial charge in [-0.1, -0.05) is 42.5 Å². The fourth-order valence-corrected chi connectivity index (χ4v) is 3.50. The number of carbonyl (C=O) groups is 2. The highest BCUT2D eigenvalue weighted by Crippen LogP contribution is 2.23. The highest BCUT2D eigenvalue weighted by atomic mass is 19.1. The zero-order valence-electron chi connectivity index (χ0n) is 16.6. The Morgan fingerprint density at radius 3 is 2.76 bits per heavy atom. The Morgan fingerprint density at radius 2 is 2.00 bits per heavy atom. The van der Waals surface area contributed by atoms with Gasteiger partial charge in [0.25, 0.3) is 0 Å². The second kappa shape index (κ2) is 10.0. The summed E-state index contributed by atoms with van der Waals surface area (Å²) < 4.78 is 13.6. The first-order chi connectivity index (χ1) is 14.0. The van der Waals surface area contributed by atoms with E-state index in [1.807, 2.05) is 36.4 Å². The molecule has 3 rings (SSSR count). The zero-order valence-corrected chi connectivity index (χ0v) is 16.6. The van der Waals surface area contributed by atoms with Crippen LogP contribution in [-0.2, 0) is 11.3 Å². The first kappa shape index (κ1) is 20.8. The van der Waals surface area contributed by atoms with Gasteiger partial charge in [-0.15, -0.1) is 0 Å². The lowest BCUT2D eigenvalue weighted by Crippen LogP contribution is -2.49. The molecule has 0 radical (unpaired) electrons. The molecule has 1 fully saturated rings. The Hall–Kier alpha value is -2.93. The molecule has 6 nitrogen and oxygen atoms in total. The van der Waals surface area contributed by atoms with Crippen molar-refractivity contribution in [1.82, 2.24) is 20.4 Å². The molecule has 0 aromatic heterocycles. The average molecular weight is 398 g/mol. The maximum absolute atomic E-state index is 13.6. The van der Waals surface area contributed by atoms with Crippen LogP contribution in [0, 0.1) is 5.82 Å². The summed E-state index contributed by atoms with van der Waals surface area (Å²) in [6.45, 7) is 2.60. The number of carbonyl (C=O) groups excluding carboxylic acids is 2. The molecule has 3 amide bonds. The van der Waals surface area contributed by atoms with Crippen LogP contribution in [0.15, 0.2) is 54.6 Å². The highest BCUT2D eigenvalue weighted by Gasteiger charge is 2.27. The standard InChI is InChI=1S/C22H27FN4O2/c1-26(16-17-6-3-2-4-7-17)22(29)25-11-10-21(28)27-13-12-24-15-20(27)18-8-5-9-19(23)14-18/h2-9,14,20,24H,10-13,15-16H2,1H3,(H,25,29). The van der Waals surface area contributed by atoms with Crippen LogP contribution >= 0.6 is 0 Å². The van der Waals surface area contributed by atoms with Gasteiger partial charge in [0.15, 0.2) is 0 Å². The molecule has 0 spiro atoms. The largest absolute Gasteiger partial charge is 0.337 e. The number of hydrogen-bond donors (Lipinski definition) is 2. The monoisotopic (exact) mass is 398 g/mol. The minimum atomic E-state index is -0.311. The lowest BCUT2D eigenvalue weighted by molar-refractivity contribution is -0.134. The van der Waals surface area contributed by atoms with E-state index in [-0.39, 0.29) is 36.8 Å². The van der Waals surface area contributed by atoms with Gasteiger partial charge in [-0.3, -0.25) is 4.79 Å². The van der Waals surface area contributed by atoms with Gasteiger partial charge in [-0.05, 0) is 23.3 Å². The van der Waals surface area contributed by atoms with Gasteiger partial charge in [0.05, 0.1) is 6.04 Å². The second-order valence-electron chi connectivity index (χ2n) is 7.19. The van der Waals surface area contributed by atoms with E-state index in [0.717, 1.165) is 11.1 Å². The molecule has 0 saturated carbocycles. The van der Waals surface area contributed by atoms with E-state index in [4.69, 9.17) is 0 Å². The summed E-state index contributed by atoms with van der Waals surface area (Å²) in [5, 5.41) is 6.06. The molecule has 1 heterocycles. The van der Waals surface area contributed by atoms with Gasteiger partial charge >= 0.3 is 6.03 Å². The van der Waals surface area contributed by atoms with Gasteiger partial charge < -0.3 is 20.4 Å². The summed E-state index contributed by atoms with van der Waals surface area (Å²) in [6.07, 6.45) is 0.205. The molecular formula is C22H27FN4O2. The fraction of sp³-hybridized carbons (Fsp3) is 0.364. The summed E-state index contributed by atoms with van der Waals surface area (Å²) in [5.41, 5.74) is 1.82. The number of hydrogen-bond acceptors (Lipinski definition) is 3. The number of urea groups is 1. The molecule has 1 saturated heterocycles. The van der Waals surface area contributed by atoms with Crippen molar-refractivity contribution in [2.75, 3.05) is 33.2 Å². The van der Waals surface area contributed by atoms with E-state index in [1.54, 1.807) is 22.9 Å². The van der Waals surface area contributed by atoms with Crippen molar-refractivity contribution in [2.45, 2.75) is 19.0 Å². The zero-order chi connectivity index (χ0) is 20.6. The van der Waals surface area contributed by atoms with Gasteiger partial charge in [0, 0.05) is 46.2 Å². The Morgan fingerprint density at radius 1 is 1.21 bits per heavy atom. The molecule has 7 heteroatoms. The Balaban J connectivity index is 1.50. The van der Waals surface area contributed by atoms with Gasteiger partial charge in [0.2, 0.25) is 5.91 Å². The van der Waals surface area contributed by atoms with Crippen molar-refractivity contribution in [1.29, 1.82) is 0 Å². The molecule has 1 aliphatic heterocycles. The van der Waals surface area contributed by atoms with Crippen LogP contribution in [0.3, 0.4) is 0 Å². The SMILES string of the molecule is CN(Cc1ccccc1)C(=O)NCCC(=O)N1CCNCC1c1cccc(F)c1. The van der Waals surface area contributed by atoms with Crippen molar-refractivity contribution < 1.29 is 14.0 Å². The maximum atomic E-state index is 13.6. The van der Waals surface area contributed by atoms with Crippen molar-refractivity contribution in [3.63, 3.8) is 0 Å². The molecule has 2 aromatic carbocycles. The number of rotatable bonds is 6. The van der Waals surface area contributed by atoms with Gasteiger partial charge in [-0.2, -0.15) is 0 Å². The van der Waals surface area contributed by atoms with Crippen LogP contribution < -0.4 is 10.6 Å². The van der Waals surface area contributed by atoms with E-state index in [2.05, 4.69) is 10.6 Å². The predicted molar refractivity (Wildman–Crippen MR) is 110 cm³/mol. The molecule has 2 N–H and O–H groups in total. The van der Waals surface area contributed by atoms with Gasteiger partial charge in [0.1, 0.15) is 5.82 Å². The van der Waals surface area contributed by atoms with E-state index >= 15 is 0 Å². The van der Waals surface area contributed by atoms with Crippen LogP contribution in [0.5, 0.6) is 0 Å². The smallest absolute Gasteiger partial charge is 0.317 e. The predicted octanol–water partition coefficient (Wildman–Crippen LogP) is 2.53. The van der Waals surface area contributed by atoms with Gasteiger partial charge in [-0.25, -0.2) is 9.18 Å². The van der Waals surface area contributed by atoms with E-state index in [1.165, 1.54) is 12.1 Å². The lowest BCUT2D eigenvalue weighted by atomic mass is 10.0. The molecular weight excluding hydrogens is 371 g/mol. The normalized spacial score (nSPS) is 16.3. The third-order valence-electron chi connectivity index (χ3n) is 5.02. The minimum absolute atomic E-state index is 0.0493. The van der Waals surface area contributed by atoms with Crippen LogP contribution in [0.4, 0.5) is 9.18 Å². The number of benzene rings is 2. The van der Waals surface area contributed by atoms with Crippen molar-refractivity contribution in [3.05, 3.63) is 71.5 Å². The Labute approximate surface area is 170 Å². The maximum Gasteiger partial charge on any atom is 0.317 e. The molecule has 0 bridgehead atoms. The number of halogens is 1. The summed E-state index contributed by atoms with van der Waals surface area (Å²) >= 11 is 0. The molecule has 1 atom stereocenters. The van der Waals surface area contributed by atoms with Crippen LogP contribution in [0.2, 0.25) is 0 Å². The van der Waals surface area contributed by atoms with Crippen LogP contribution in [0.25, 0.3) is 0 Å². The Bertz CT molecular complexity index is 831. The molecule has 1 aliphatic rings. The highest BCUT2D eigenvalue weighted by molar-refractivity contribution is 5.79. The average Bonchev–Trinajstić information content (AvgIpc) is 2.74. The Kier molecular flexibility index (Phi) is 7.19. The number of amides is 3. The third kappa shape index (κ3) is 5.77. The first-order valence-corrected chi connectivity index (χ1v) is 9.83. The van der Waals surface area contributed by atoms with Crippen LogP contribution in [0.1, 0.15) is 23.6 Å². The molecule has 2 aromatic rings. The molecule has 1 unspecified atom stereocenters. The minimum Gasteiger partial charge on any atom is -0.337 e. The second-order valence-corrected chi connectivity index (χ2v) is 7.19. The summed E-state index contributed by atoms with van der Waals surface area (Å²) in [7, 11) is 1.72. The van der Waals surface area contributed by atoms with Crippen LogP contribution in [-0.4, -0.2) is 55.0 Å². The number of piperazine rings is 1. The molecule has 154 valence electrons. The summed E-state index contributed by atoms with van der Waals surface area (Å²) in [5.74, 6) is -0.360. The van der Waals surface area contributed by atoms with Crippen molar-refractivity contribution in [2.24, 2.45) is 0 Å². The van der Waals surface area contributed by atoms with Crippen molar-refractivity contribution in [3.8, 4) is 0 Å². The van der Waals surface area contributed by atoms with E-state index in [0.29, 0.717) is 26.2 Å². The number of nitrogens with one attached hydrogen (secondary N) is 2. The summed E-state index contributed by atoms with van der Waals surface area (Å²) in [6, 6.07) is 15.7. The summed E-state index contributed by atoms with van der Waals surface area (Å²) in [4.78, 5) is 28.4. The first-order valence-electron chi connectivity index (χ1n) is 9.83. The molecule has 0 aliphatic carbocycles. The quantitative estimate of drug-likeness (QED) is 0.786. The van der Waals surface area contributed by atoms with E-state index in [9.17, 15) is 14.0 Å². The fourth-order valence-electron chi connectivity index (χ4n) is 3.50.